The molecule has 6 nitrogen and oxygen atoms in total. The highest BCUT2D eigenvalue weighted by Gasteiger charge is 2.73. The van der Waals surface area contributed by atoms with Gasteiger partial charge in [-0.3, -0.25) is 4.79 Å². The standard InChI is InChI=1S/C24H38N4O2/c1-4-15-7-8-18-17(16(15)6-5-11-29)9-10-24(3)22(18)20-14(2)21(20)23(24)19(30)12-28-26-13-25-27-28/h13-18,20-23,29H,4-12H2,1-3H3/t14?,15-,16-,17+,18+,20?,21?,22+,23-,24-/m0/s1. The number of ketones is 1. The molecular weight excluding hydrogens is 376 g/mol. The summed E-state index contributed by atoms with van der Waals surface area (Å²) in [6.07, 6.45) is 9.96. The Kier molecular flexibility index (Phi) is 5.27. The van der Waals surface area contributed by atoms with Gasteiger partial charge in [-0.25, -0.2) is 0 Å². The molecule has 3 unspecified atom stereocenters. The van der Waals surface area contributed by atoms with Crippen LogP contribution in [0, 0.1) is 58.7 Å². The molecule has 0 spiro atoms. The number of aromatic nitrogens is 4. The van der Waals surface area contributed by atoms with Crippen molar-refractivity contribution in [3.8, 4) is 0 Å². The van der Waals surface area contributed by atoms with Crippen LogP contribution in [-0.2, 0) is 11.3 Å². The lowest BCUT2D eigenvalue weighted by atomic mass is 9.49. The summed E-state index contributed by atoms with van der Waals surface area (Å²) in [6.45, 7) is 7.77. The molecule has 1 heterocycles. The van der Waals surface area contributed by atoms with Crippen molar-refractivity contribution in [3.63, 3.8) is 0 Å². The first-order valence-corrected chi connectivity index (χ1v) is 12.4. The summed E-state index contributed by atoms with van der Waals surface area (Å²) in [7, 11) is 0. The van der Waals surface area contributed by atoms with Crippen LogP contribution >= 0.6 is 0 Å². The van der Waals surface area contributed by atoms with E-state index < -0.39 is 0 Å². The van der Waals surface area contributed by atoms with Gasteiger partial charge in [-0.15, -0.1) is 10.2 Å². The smallest absolute Gasteiger partial charge is 0.162 e. The van der Waals surface area contributed by atoms with Gasteiger partial charge >= 0.3 is 0 Å². The van der Waals surface area contributed by atoms with Crippen molar-refractivity contribution in [2.45, 2.75) is 72.3 Å². The quantitative estimate of drug-likeness (QED) is 0.737. The fraction of sp³-hybridized carbons (Fsp3) is 0.917. The molecular formula is C24H38N4O2. The van der Waals surface area contributed by atoms with Gasteiger partial charge in [-0.1, -0.05) is 27.2 Å². The van der Waals surface area contributed by atoms with Gasteiger partial charge in [-0.05, 0) is 96.5 Å². The summed E-state index contributed by atoms with van der Waals surface area (Å²) < 4.78 is 0. The van der Waals surface area contributed by atoms with Gasteiger partial charge in [-0.2, -0.15) is 4.80 Å². The fourth-order valence-electron chi connectivity index (χ4n) is 9.02. The van der Waals surface area contributed by atoms with Gasteiger partial charge in [0.15, 0.2) is 12.1 Å². The SMILES string of the molecule is CC[C@H]1CC[C@@H]2[C@H](CC[C@]3(C)[C@@H](C(=O)Cn4ncnn4)C4C(C)C4[C@@H]23)[C@H]1CCCO. The Morgan fingerprint density at radius 3 is 2.77 bits per heavy atom. The van der Waals surface area contributed by atoms with E-state index in [1.165, 1.54) is 49.6 Å². The van der Waals surface area contributed by atoms with E-state index in [1.54, 1.807) is 0 Å². The third kappa shape index (κ3) is 3.00. The van der Waals surface area contributed by atoms with Gasteiger partial charge in [0.05, 0.1) is 0 Å². The Morgan fingerprint density at radius 2 is 2.07 bits per heavy atom. The summed E-state index contributed by atoms with van der Waals surface area (Å²) in [5.41, 5.74) is 0.140. The number of Topliss-reactive ketones (excluding diaryl/α,β-unsaturated/α-hetero) is 1. The molecule has 4 fully saturated rings. The van der Waals surface area contributed by atoms with E-state index in [2.05, 4.69) is 36.2 Å². The first kappa shape index (κ1) is 20.6. The van der Waals surface area contributed by atoms with E-state index in [0.29, 0.717) is 30.1 Å². The summed E-state index contributed by atoms with van der Waals surface area (Å²) in [4.78, 5) is 14.9. The Balaban J connectivity index is 1.40. The minimum Gasteiger partial charge on any atom is -0.396 e. The second kappa shape index (κ2) is 7.68. The zero-order valence-electron chi connectivity index (χ0n) is 18.8. The molecule has 1 aromatic rings. The summed E-state index contributed by atoms with van der Waals surface area (Å²) in [5, 5.41) is 21.3. The average Bonchev–Trinajstić information content (AvgIpc) is 3.10. The molecule has 0 amide bonds. The number of hydrogen-bond donors (Lipinski definition) is 1. The van der Waals surface area contributed by atoms with Crippen LogP contribution in [0.5, 0.6) is 0 Å². The van der Waals surface area contributed by atoms with Crippen molar-refractivity contribution in [2.75, 3.05) is 6.61 Å². The molecule has 0 aromatic carbocycles. The van der Waals surface area contributed by atoms with Crippen LogP contribution in [-0.4, -0.2) is 37.7 Å². The minimum atomic E-state index is 0.140. The molecule has 1 aromatic heterocycles. The second-order valence-corrected chi connectivity index (χ2v) is 11.1. The molecule has 4 aliphatic carbocycles. The molecule has 1 N–H and O–H groups in total. The average molecular weight is 415 g/mol. The van der Waals surface area contributed by atoms with E-state index in [9.17, 15) is 9.90 Å². The molecule has 0 saturated heterocycles. The molecule has 0 aliphatic heterocycles. The van der Waals surface area contributed by atoms with Gasteiger partial charge in [0.2, 0.25) is 0 Å². The first-order valence-electron chi connectivity index (χ1n) is 12.4. The van der Waals surface area contributed by atoms with Crippen molar-refractivity contribution >= 4 is 5.78 Å². The third-order valence-electron chi connectivity index (χ3n) is 10.1. The number of nitrogens with zero attached hydrogens (tertiary/aromatic N) is 4. The predicted octanol–water partition coefficient (Wildman–Crippen LogP) is 3.61. The Bertz CT molecular complexity index is 767. The van der Waals surface area contributed by atoms with E-state index in [-0.39, 0.29) is 17.9 Å². The van der Waals surface area contributed by atoms with E-state index in [4.69, 9.17) is 0 Å². The lowest BCUT2D eigenvalue weighted by Gasteiger charge is -2.56. The van der Waals surface area contributed by atoms with Crippen LogP contribution in [0.25, 0.3) is 0 Å². The van der Waals surface area contributed by atoms with Crippen molar-refractivity contribution in [1.29, 1.82) is 0 Å². The van der Waals surface area contributed by atoms with Gasteiger partial charge in [0.1, 0.15) is 6.54 Å². The first-order chi connectivity index (χ1) is 14.5. The number of aliphatic hydroxyl groups excluding tert-OH is 1. The number of fused-ring (bicyclic) bond motifs is 5. The zero-order valence-corrected chi connectivity index (χ0v) is 18.8. The molecule has 4 aliphatic rings. The Hall–Kier alpha value is -1.30. The van der Waals surface area contributed by atoms with Crippen molar-refractivity contribution in [2.24, 2.45) is 58.7 Å². The van der Waals surface area contributed by atoms with Crippen LogP contribution in [0.4, 0.5) is 0 Å². The van der Waals surface area contributed by atoms with Crippen LogP contribution in [0.15, 0.2) is 6.33 Å². The van der Waals surface area contributed by atoms with Crippen molar-refractivity contribution < 1.29 is 9.90 Å². The van der Waals surface area contributed by atoms with Gasteiger partial charge in [0.25, 0.3) is 0 Å². The number of aliphatic hydroxyl groups is 1. The number of hydrogen-bond acceptors (Lipinski definition) is 5. The highest BCUT2D eigenvalue weighted by Crippen LogP contribution is 2.76. The molecule has 166 valence electrons. The third-order valence-corrected chi connectivity index (χ3v) is 10.1. The van der Waals surface area contributed by atoms with E-state index in [1.807, 2.05) is 0 Å². The lowest BCUT2D eigenvalue weighted by Crippen LogP contribution is -2.51. The Labute approximate surface area is 180 Å². The van der Waals surface area contributed by atoms with Crippen LogP contribution in [0.1, 0.15) is 65.7 Å². The lowest BCUT2D eigenvalue weighted by molar-refractivity contribution is -0.134. The van der Waals surface area contributed by atoms with Crippen molar-refractivity contribution in [1.82, 2.24) is 20.2 Å². The normalized spacial score (nSPS) is 46.7. The van der Waals surface area contributed by atoms with E-state index >= 15 is 0 Å². The minimum absolute atomic E-state index is 0.140. The largest absolute Gasteiger partial charge is 0.396 e. The number of carbonyl (C=O) groups excluding carboxylic acids is 1. The molecule has 0 radical (unpaired) electrons. The molecule has 30 heavy (non-hydrogen) atoms. The predicted molar refractivity (Wildman–Crippen MR) is 113 cm³/mol. The molecule has 6 heteroatoms. The maximum Gasteiger partial charge on any atom is 0.162 e. The van der Waals surface area contributed by atoms with Gasteiger partial charge < -0.3 is 5.11 Å². The van der Waals surface area contributed by atoms with Gasteiger partial charge in [0, 0.05) is 12.5 Å². The van der Waals surface area contributed by atoms with E-state index in [0.717, 1.165) is 36.0 Å². The maximum atomic E-state index is 13.5. The number of carbonyl (C=O) groups is 1. The maximum absolute atomic E-state index is 13.5. The van der Waals surface area contributed by atoms with Crippen LogP contribution in [0.2, 0.25) is 0 Å². The Morgan fingerprint density at radius 1 is 1.23 bits per heavy atom. The van der Waals surface area contributed by atoms with Crippen molar-refractivity contribution in [3.05, 3.63) is 6.33 Å². The molecule has 10 atom stereocenters. The summed E-state index contributed by atoms with van der Waals surface area (Å²) in [6, 6.07) is 0. The molecule has 5 rings (SSSR count). The zero-order chi connectivity index (χ0) is 21.0. The highest BCUT2D eigenvalue weighted by atomic mass is 16.2. The fourth-order valence-corrected chi connectivity index (χ4v) is 9.02. The number of tetrazole rings is 1. The monoisotopic (exact) mass is 414 g/mol. The topological polar surface area (TPSA) is 80.9 Å². The van der Waals surface area contributed by atoms with Crippen LogP contribution in [0.3, 0.4) is 0 Å². The number of rotatable bonds is 7. The summed E-state index contributed by atoms with van der Waals surface area (Å²) in [5.74, 6) is 6.33. The second-order valence-electron chi connectivity index (χ2n) is 11.1. The molecule has 0 bridgehead atoms. The molecule has 4 saturated carbocycles. The van der Waals surface area contributed by atoms with Crippen LogP contribution < -0.4 is 0 Å². The summed E-state index contributed by atoms with van der Waals surface area (Å²) >= 11 is 0. The highest BCUT2D eigenvalue weighted by molar-refractivity contribution is 5.83.